The van der Waals surface area contributed by atoms with E-state index < -0.39 is 0 Å². The van der Waals surface area contributed by atoms with Crippen molar-refractivity contribution in [2.24, 2.45) is 0 Å². The molecule has 0 aliphatic carbocycles. The molecule has 0 amide bonds. The van der Waals surface area contributed by atoms with Crippen molar-refractivity contribution in [1.29, 1.82) is 0 Å². The molecule has 2 heteroatoms. The molecular formula is C28H50O2. The third-order valence-corrected chi connectivity index (χ3v) is 6.04. The van der Waals surface area contributed by atoms with Crippen molar-refractivity contribution in [3.63, 3.8) is 0 Å². The van der Waals surface area contributed by atoms with E-state index in [0.29, 0.717) is 5.75 Å². The second-order valence-corrected chi connectivity index (χ2v) is 10.1. The van der Waals surface area contributed by atoms with Crippen molar-refractivity contribution < 1.29 is 9.84 Å². The molecule has 174 valence electrons. The van der Waals surface area contributed by atoms with E-state index in [1.807, 2.05) is 12.1 Å². The number of rotatable bonds is 18. The van der Waals surface area contributed by atoms with Gasteiger partial charge >= 0.3 is 0 Å². The Morgan fingerprint density at radius 3 is 1.53 bits per heavy atom. The molecule has 0 aliphatic heterocycles. The fourth-order valence-electron chi connectivity index (χ4n) is 4.05. The number of benzene rings is 1. The predicted molar refractivity (Wildman–Crippen MR) is 132 cm³/mol. The summed E-state index contributed by atoms with van der Waals surface area (Å²) in [5, 5.41) is 10.0. The Morgan fingerprint density at radius 2 is 1.10 bits per heavy atom. The van der Waals surface area contributed by atoms with Crippen LogP contribution >= 0.6 is 0 Å². The summed E-state index contributed by atoms with van der Waals surface area (Å²) in [7, 11) is 0. The maximum absolute atomic E-state index is 10.0. The zero-order chi connectivity index (χ0) is 22.1. The van der Waals surface area contributed by atoms with Gasteiger partial charge in [0.15, 0.2) is 0 Å². The lowest BCUT2D eigenvalue weighted by Crippen LogP contribution is -2.11. The van der Waals surface area contributed by atoms with E-state index >= 15 is 0 Å². The maximum Gasteiger partial charge on any atom is 0.119 e. The van der Waals surface area contributed by atoms with E-state index in [0.717, 1.165) is 24.3 Å². The summed E-state index contributed by atoms with van der Waals surface area (Å²) >= 11 is 0. The molecule has 0 saturated carbocycles. The minimum atomic E-state index is -0.0717. The van der Waals surface area contributed by atoms with Crippen molar-refractivity contribution in [3.05, 3.63) is 23.8 Å². The molecule has 1 N–H and O–H groups in total. The van der Waals surface area contributed by atoms with Gasteiger partial charge in [0.2, 0.25) is 0 Å². The summed E-state index contributed by atoms with van der Waals surface area (Å²) in [6, 6.07) is 5.61. The first-order valence-corrected chi connectivity index (χ1v) is 12.9. The molecule has 0 saturated heterocycles. The molecule has 1 rings (SSSR count). The maximum atomic E-state index is 10.0. The number of hydrogen-bond donors (Lipinski definition) is 1. The standard InChI is InChI=1S/C28H50O2/c1-5-6-7-8-9-10-11-12-13-14-15-16-17-18-19-20-23-30-25-21-22-27(29)26(24-25)28(2,3)4/h21-22,24,29H,5-20,23H2,1-4H3. The highest BCUT2D eigenvalue weighted by Gasteiger charge is 2.18. The Balaban J connectivity index is 1.90. The minimum absolute atomic E-state index is 0.0717. The summed E-state index contributed by atoms with van der Waals surface area (Å²) in [5.41, 5.74) is 0.879. The van der Waals surface area contributed by atoms with Crippen LogP contribution in [0.15, 0.2) is 18.2 Å². The van der Waals surface area contributed by atoms with Gasteiger partial charge in [-0.1, -0.05) is 124 Å². The summed E-state index contributed by atoms with van der Waals surface area (Å²) < 4.78 is 5.90. The first kappa shape index (κ1) is 26.9. The van der Waals surface area contributed by atoms with Gasteiger partial charge in [-0.3, -0.25) is 0 Å². The second-order valence-electron chi connectivity index (χ2n) is 10.1. The van der Waals surface area contributed by atoms with E-state index in [9.17, 15) is 5.11 Å². The fourth-order valence-corrected chi connectivity index (χ4v) is 4.05. The Hall–Kier alpha value is -1.18. The molecule has 1 aromatic carbocycles. The van der Waals surface area contributed by atoms with Crippen LogP contribution in [-0.2, 0) is 5.41 Å². The molecule has 0 spiro atoms. The van der Waals surface area contributed by atoms with Crippen molar-refractivity contribution in [2.45, 2.75) is 136 Å². The van der Waals surface area contributed by atoms with Gasteiger partial charge in [0.1, 0.15) is 11.5 Å². The van der Waals surface area contributed by atoms with E-state index in [2.05, 4.69) is 27.7 Å². The lowest BCUT2D eigenvalue weighted by atomic mass is 9.86. The Morgan fingerprint density at radius 1 is 0.667 bits per heavy atom. The van der Waals surface area contributed by atoms with Gasteiger partial charge in [-0.25, -0.2) is 0 Å². The van der Waals surface area contributed by atoms with E-state index in [4.69, 9.17) is 4.74 Å². The number of phenols is 1. The highest BCUT2D eigenvalue weighted by atomic mass is 16.5. The van der Waals surface area contributed by atoms with Gasteiger partial charge in [0.25, 0.3) is 0 Å². The quantitative estimate of drug-likeness (QED) is 0.241. The molecule has 0 unspecified atom stereocenters. The Kier molecular flexibility index (Phi) is 14.8. The monoisotopic (exact) mass is 418 g/mol. The van der Waals surface area contributed by atoms with Gasteiger partial charge in [-0.05, 0) is 30.0 Å². The van der Waals surface area contributed by atoms with E-state index in [-0.39, 0.29) is 5.41 Å². The minimum Gasteiger partial charge on any atom is -0.508 e. The largest absolute Gasteiger partial charge is 0.508 e. The van der Waals surface area contributed by atoms with Gasteiger partial charge in [-0.2, -0.15) is 0 Å². The van der Waals surface area contributed by atoms with Crippen LogP contribution < -0.4 is 4.74 Å². The summed E-state index contributed by atoms with van der Waals surface area (Å²) in [6.07, 6.45) is 22.2. The molecule has 1 aromatic rings. The Bertz CT molecular complexity index is 530. The molecule has 0 bridgehead atoms. The third kappa shape index (κ3) is 13.2. The molecule has 0 fully saturated rings. The number of ether oxygens (including phenoxy) is 1. The van der Waals surface area contributed by atoms with Crippen molar-refractivity contribution in [3.8, 4) is 11.5 Å². The molecule has 0 radical (unpaired) electrons. The smallest absolute Gasteiger partial charge is 0.119 e. The summed E-state index contributed by atoms with van der Waals surface area (Å²) in [6.45, 7) is 9.40. The Labute approximate surface area is 187 Å². The van der Waals surface area contributed by atoms with Crippen molar-refractivity contribution in [2.75, 3.05) is 6.61 Å². The van der Waals surface area contributed by atoms with Gasteiger partial charge in [-0.15, -0.1) is 0 Å². The average Bonchev–Trinajstić information content (AvgIpc) is 2.70. The number of unbranched alkanes of at least 4 members (excludes halogenated alkanes) is 15. The highest BCUT2D eigenvalue weighted by molar-refractivity contribution is 5.43. The van der Waals surface area contributed by atoms with Crippen LogP contribution in [0.25, 0.3) is 0 Å². The van der Waals surface area contributed by atoms with Crippen molar-refractivity contribution >= 4 is 0 Å². The lowest BCUT2D eigenvalue weighted by Gasteiger charge is -2.21. The van der Waals surface area contributed by atoms with E-state index in [1.165, 1.54) is 96.3 Å². The molecule has 0 atom stereocenters. The molecule has 0 heterocycles. The number of phenolic OH excluding ortho intramolecular Hbond substituents is 1. The van der Waals surface area contributed by atoms with Gasteiger partial charge < -0.3 is 9.84 Å². The van der Waals surface area contributed by atoms with Crippen LogP contribution in [-0.4, -0.2) is 11.7 Å². The molecule has 0 aromatic heterocycles. The average molecular weight is 419 g/mol. The zero-order valence-electron chi connectivity index (χ0n) is 20.6. The van der Waals surface area contributed by atoms with Crippen LogP contribution in [0.2, 0.25) is 0 Å². The molecular weight excluding hydrogens is 368 g/mol. The summed E-state index contributed by atoms with van der Waals surface area (Å²) in [5.74, 6) is 1.23. The first-order chi connectivity index (χ1) is 14.4. The number of aromatic hydroxyl groups is 1. The zero-order valence-corrected chi connectivity index (χ0v) is 20.6. The van der Waals surface area contributed by atoms with Crippen LogP contribution in [0, 0.1) is 0 Å². The van der Waals surface area contributed by atoms with Gasteiger partial charge in [0, 0.05) is 5.56 Å². The lowest BCUT2D eigenvalue weighted by molar-refractivity contribution is 0.302. The van der Waals surface area contributed by atoms with Crippen LogP contribution in [0.4, 0.5) is 0 Å². The fraction of sp³-hybridized carbons (Fsp3) is 0.786. The molecule has 0 aliphatic rings. The normalized spacial score (nSPS) is 11.7. The van der Waals surface area contributed by atoms with Crippen LogP contribution in [0.3, 0.4) is 0 Å². The molecule has 30 heavy (non-hydrogen) atoms. The van der Waals surface area contributed by atoms with Crippen LogP contribution in [0.5, 0.6) is 11.5 Å². The topological polar surface area (TPSA) is 29.5 Å². The van der Waals surface area contributed by atoms with Crippen molar-refractivity contribution in [1.82, 2.24) is 0 Å². The summed E-state index contributed by atoms with van der Waals surface area (Å²) in [4.78, 5) is 0. The highest BCUT2D eigenvalue weighted by Crippen LogP contribution is 2.33. The van der Waals surface area contributed by atoms with Crippen LogP contribution in [0.1, 0.15) is 136 Å². The van der Waals surface area contributed by atoms with Gasteiger partial charge in [0.05, 0.1) is 6.61 Å². The predicted octanol–water partition coefficient (Wildman–Crippen LogP) is 9.33. The molecule has 2 nitrogen and oxygen atoms in total. The number of hydrogen-bond acceptors (Lipinski definition) is 2. The second kappa shape index (κ2) is 16.5. The van der Waals surface area contributed by atoms with E-state index in [1.54, 1.807) is 6.07 Å². The SMILES string of the molecule is CCCCCCCCCCCCCCCCCCOc1ccc(O)c(C(C)(C)C)c1. The third-order valence-electron chi connectivity index (χ3n) is 6.04. The first-order valence-electron chi connectivity index (χ1n) is 12.9.